The first-order valence-electron chi connectivity index (χ1n) is 4.01. The molecule has 0 aromatic rings. The normalized spacial score (nSPS) is 22.9. The van der Waals surface area contributed by atoms with Gasteiger partial charge in [-0.2, -0.15) is 0 Å². The summed E-state index contributed by atoms with van der Waals surface area (Å²) in [7, 11) is 0. The molecule has 1 rings (SSSR count). The molecule has 1 nitrogen and oxygen atoms in total. The molecule has 0 heterocycles. The van der Waals surface area contributed by atoms with Crippen LogP contribution in [0.1, 0.15) is 32.6 Å². The van der Waals surface area contributed by atoms with Crippen LogP contribution in [0.2, 0.25) is 0 Å². The fourth-order valence-electron chi connectivity index (χ4n) is 1.69. The molecule has 0 bridgehead atoms. The molecular weight excluding hydrogens is 142 g/mol. The van der Waals surface area contributed by atoms with Crippen LogP contribution >= 0.6 is 12.2 Å². The molecule has 1 unspecified atom stereocenters. The predicted octanol–water partition coefficient (Wildman–Crippen LogP) is 2.10. The first-order chi connectivity index (χ1) is 4.72. The van der Waals surface area contributed by atoms with E-state index in [0.717, 1.165) is 5.92 Å². The highest BCUT2D eigenvalue weighted by atomic mass is 32.1. The lowest BCUT2D eigenvalue weighted by Gasteiger charge is -2.16. The Bertz CT molecular complexity index is 127. The summed E-state index contributed by atoms with van der Waals surface area (Å²) < 4.78 is 0. The van der Waals surface area contributed by atoms with Gasteiger partial charge in [0.1, 0.15) is 0 Å². The number of hydrogen-bond donors (Lipinski definition) is 1. The van der Waals surface area contributed by atoms with Gasteiger partial charge in [-0.05, 0) is 18.8 Å². The van der Waals surface area contributed by atoms with Crippen molar-refractivity contribution in [1.82, 2.24) is 0 Å². The van der Waals surface area contributed by atoms with Gasteiger partial charge in [-0.3, -0.25) is 0 Å². The van der Waals surface area contributed by atoms with Gasteiger partial charge in [0.25, 0.3) is 0 Å². The van der Waals surface area contributed by atoms with Crippen LogP contribution in [0.3, 0.4) is 0 Å². The predicted molar refractivity (Wildman–Crippen MR) is 47.9 cm³/mol. The summed E-state index contributed by atoms with van der Waals surface area (Å²) in [5.74, 6) is 1.26. The van der Waals surface area contributed by atoms with Gasteiger partial charge >= 0.3 is 0 Å². The molecule has 1 fully saturated rings. The number of hydrogen-bond acceptors (Lipinski definition) is 1. The Morgan fingerprint density at radius 2 is 2.00 bits per heavy atom. The van der Waals surface area contributed by atoms with Gasteiger partial charge in [0.05, 0.1) is 4.99 Å². The van der Waals surface area contributed by atoms with Gasteiger partial charge in [-0.25, -0.2) is 0 Å². The average Bonchev–Trinajstić information content (AvgIpc) is 2.36. The Kier molecular flexibility index (Phi) is 2.66. The van der Waals surface area contributed by atoms with Gasteiger partial charge in [-0.1, -0.05) is 32.0 Å². The quantitative estimate of drug-likeness (QED) is 0.621. The third-order valence-electron chi connectivity index (χ3n) is 2.56. The van der Waals surface area contributed by atoms with Crippen molar-refractivity contribution >= 4 is 17.2 Å². The van der Waals surface area contributed by atoms with E-state index in [1.807, 2.05) is 0 Å². The molecule has 0 aromatic carbocycles. The molecule has 0 amide bonds. The largest absolute Gasteiger partial charge is 0.393 e. The molecule has 58 valence electrons. The maximum Gasteiger partial charge on any atom is 0.0758 e. The zero-order chi connectivity index (χ0) is 7.56. The Hall–Kier alpha value is -0.110. The summed E-state index contributed by atoms with van der Waals surface area (Å²) in [4.78, 5) is 0.701. The van der Waals surface area contributed by atoms with Crippen LogP contribution in [0.15, 0.2) is 0 Å². The van der Waals surface area contributed by atoms with Crippen molar-refractivity contribution in [2.75, 3.05) is 0 Å². The van der Waals surface area contributed by atoms with Crippen LogP contribution in [0.25, 0.3) is 0 Å². The summed E-state index contributed by atoms with van der Waals surface area (Å²) in [6, 6.07) is 0. The third kappa shape index (κ3) is 1.69. The Labute approximate surface area is 68.0 Å². The van der Waals surface area contributed by atoms with Gasteiger partial charge in [-0.15, -0.1) is 0 Å². The maximum atomic E-state index is 5.55. The van der Waals surface area contributed by atoms with Crippen molar-refractivity contribution in [3.05, 3.63) is 0 Å². The molecular formula is C8H15NS. The van der Waals surface area contributed by atoms with E-state index in [9.17, 15) is 0 Å². The van der Waals surface area contributed by atoms with Crippen LogP contribution in [0.4, 0.5) is 0 Å². The molecule has 0 radical (unpaired) electrons. The summed E-state index contributed by atoms with van der Waals surface area (Å²) in [5.41, 5.74) is 5.55. The molecule has 1 aliphatic carbocycles. The molecule has 10 heavy (non-hydrogen) atoms. The monoisotopic (exact) mass is 157 g/mol. The highest BCUT2D eigenvalue weighted by Gasteiger charge is 2.22. The van der Waals surface area contributed by atoms with E-state index in [1.165, 1.54) is 25.7 Å². The topological polar surface area (TPSA) is 26.0 Å². The Morgan fingerprint density at radius 3 is 2.40 bits per heavy atom. The zero-order valence-corrected chi connectivity index (χ0v) is 7.29. The molecule has 0 spiro atoms. The zero-order valence-electron chi connectivity index (χ0n) is 6.47. The van der Waals surface area contributed by atoms with E-state index >= 15 is 0 Å². The molecule has 0 saturated heterocycles. The minimum absolute atomic E-state index is 0.470. The van der Waals surface area contributed by atoms with Gasteiger partial charge in [0.2, 0.25) is 0 Å². The summed E-state index contributed by atoms with van der Waals surface area (Å²) >= 11 is 4.93. The number of thiocarbonyl (C=S) groups is 1. The molecule has 0 aromatic heterocycles. The fourth-order valence-corrected chi connectivity index (χ4v) is 1.88. The second-order valence-corrected chi connectivity index (χ2v) is 3.71. The highest BCUT2D eigenvalue weighted by molar-refractivity contribution is 7.80. The smallest absolute Gasteiger partial charge is 0.0758 e. The lowest BCUT2D eigenvalue weighted by atomic mass is 9.93. The van der Waals surface area contributed by atoms with Gasteiger partial charge in [0.15, 0.2) is 0 Å². The van der Waals surface area contributed by atoms with Crippen molar-refractivity contribution in [1.29, 1.82) is 0 Å². The van der Waals surface area contributed by atoms with Crippen molar-refractivity contribution in [2.45, 2.75) is 32.6 Å². The van der Waals surface area contributed by atoms with E-state index in [-0.39, 0.29) is 0 Å². The first-order valence-corrected chi connectivity index (χ1v) is 4.42. The van der Waals surface area contributed by atoms with Crippen molar-refractivity contribution < 1.29 is 0 Å². The minimum Gasteiger partial charge on any atom is -0.393 e. The standard InChI is InChI=1S/C8H15NS/c1-6(8(9)10)7-4-2-3-5-7/h6-7H,2-5H2,1H3,(H2,9,10). The number of nitrogens with two attached hydrogens (primary N) is 1. The third-order valence-corrected chi connectivity index (χ3v) is 2.93. The maximum absolute atomic E-state index is 5.55. The second kappa shape index (κ2) is 3.33. The second-order valence-electron chi connectivity index (χ2n) is 3.24. The molecule has 0 aliphatic heterocycles. The first kappa shape index (κ1) is 7.99. The molecule has 2 heteroatoms. The molecule has 2 N–H and O–H groups in total. The van der Waals surface area contributed by atoms with Crippen LogP contribution < -0.4 is 5.73 Å². The number of rotatable bonds is 2. The SMILES string of the molecule is CC(C(N)=S)C1CCCC1. The summed E-state index contributed by atoms with van der Waals surface area (Å²) in [5, 5.41) is 0. The van der Waals surface area contributed by atoms with Crippen LogP contribution in [-0.2, 0) is 0 Å². The average molecular weight is 157 g/mol. The van der Waals surface area contributed by atoms with Gasteiger partial charge in [0, 0.05) is 5.92 Å². The summed E-state index contributed by atoms with van der Waals surface area (Å²) in [6.45, 7) is 2.15. The van der Waals surface area contributed by atoms with E-state index in [0.29, 0.717) is 10.9 Å². The van der Waals surface area contributed by atoms with Crippen molar-refractivity contribution in [3.8, 4) is 0 Å². The van der Waals surface area contributed by atoms with Crippen molar-refractivity contribution in [3.63, 3.8) is 0 Å². The van der Waals surface area contributed by atoms with Gasteiger partial charge < -0.3 is 5.73 Å². The van der Waals surface area contributed by atoms with E-state index < -0.39 is 0 Å². The lowest BCUT2D eigenvalue weighted by molar-refractivity contribution is 0.458. The van der Waals surface area contributed by atoms with E-state index in [4.69, 9.17) is 18.0 Å². The molecule has 1 aliphatic rings. The minimum atomic E-state index is 0.470. The van der Waals surface area contributed by atoms with E-state index in [2.05, 4.69) is 6.92 Å². The van der Waals surface area contributed by atoms with Crippen LogP contribution in [0.5, 0.6) is 0 Å². The Morgan fingerprint density at radius 1 is 1.50 bits per heavy atom. The van der Waals surface area contributed by atoms with Crippen LogP contribution in [-0.4, -0.2) is 4.99 Å². The van der Waals surface area contributed by atoms with Crippen molar-refractivity contribution in [2.24, 2.45) is 17.6 Å². The van der Waals surface area contributed by atoms with E-state index in [1.54, 1.807) is 0 Å². The lowest BCUT2D eigenvalue weighted by Crippen LogP contribution is -2.24. The fraction of sp³-hybridized carbons (Fsp3) is 0.875. The molecule has 1 saturated carbocycles. The Balaban J connectivity index is 2.39. The highest BCUT2D eigenvalue weighted by Crippen LogP contribution is 2.31. The summed E-state index contributed by atoms with van der Waals surface area (Å²) in [6.07, 6.45) is 5.41. The van der Waals surface area contributed by atoms with Crippen LogP contribution in [0, 0.1) is 11.8 Å². The molecule has 1 atom stereocenters.